The number of phenolic OH excluding ortho intramolecular Hbond substituents is 1. The fraction of sp³-hybridized carbons (Fsp3) is 0.250. The van der Waals surface area contributed by atoms with Gasteiger partial charge in [-0.3, -0.25) is 0 Å². The van der Waals surface area contributed by atoms with E-state index in [1.165, 1.54) is 0 Å². The van der Waals surface area contributed by atoms with E-state index in [2.05, 4.69) is 45.2 Å². The Bertz CT molecular complexity index is 281. The summed E-state index contributed by atoms with van der Waals surface area (Å²) in [6.45, 7) is 1.93. The van der Waals surface area contributed by atoms with Gasteiger partial charge in [0.2, 0.25) is 0 Å². The van der Waals surface area contributed by atoms with Gasteiger partial charge in [0.15, 0.2) is 0 Å². The van der Waals surface area contributed by atoms with Crippen molar-refractivity contribution in [3.05, 3.63) is 24.8 Å². The van der Waals surface area contributed by atoms with Gasteiger partial charge in [-0.05, 0) is 69.8 Å². The molecule has 0 aromatic heterocycles. The van der Waals surface area contributed by atoms with Gasteiger partial charge in [0, 0.05) is 6.04 Å². The van der Waals surface area contributed by atoms with Gasteiger partial charge in [0.1, 0.15) is 5.75 Å². The second-order valence-electron chi connectivity index (χ2n) is 2.62. The molecule has 13 heavy (non-hydrogen) atoms. The number of phenols is 1. The summed E-state index contributed by atoms with van der Waals surface area (Å²) in [5.41, 5.74) is 6.77. The van der Waals surface area contributed by atoms with Crippen LogP contribution in [0.15, 0.2) is 12.1 Å². The zero-order valence-corrected chi connectivity index (χ0v) is 12.1. The van der Waals surface area contributed by atoms with Crippen molar-refractivity contribution in [1.29, 1.82) is 0 Å². The summed E-state index contributed by atoms with van der Waals surface area (Å²) in [5.74, 6) is 0.348. The maximum Gasteiger partial charge on any atom is 0.142 e. The first-order chi connectivity index (χ1) is 5.52. The lowest BCUT2D eigenvalue weighted by Gasteiger charge is -2.08. The number of benzene rings is 1. The van der Waals surface area contributed by atoms with Crippen molar-refractivity contribution in [2.24, 2.45) is 5.73 Å². The van der Waals surface area contributed by atoms with Crippen molar-refractivity contribution < 1.29 is 5.11 Å². The zero-order chi connectivity index (χ0) is 9.30. The van der Waals surface area contributed by atoms with E-state index in [-0.39, 0.29) is 18.4 Å². The first-order valence-electron chi connectivity index (χ1n) is 3.46. The minimum absolute atomic E-state index is 0. The van der Waals surface area contributed by atoms with Crippen LogP contribution in [0.1, 0.15) is 18.5 Å². The van der Waals surface area contributed by atoms with E-state index in [1.807, 2.05) is 19.1 Å². The van der Waals surface area contributed by atoms with Crippen LogP contribution in [0.4, 0.5) is 0 Å². The normalized spacial score (nSPS) is 12.0. The van der Waals surface area contributed by atoms with Crippen molar-refractivity contribution in [2.45, 2.75) is 13.0 Å². The minimum atomic E-state index is 0. The van der Waals surface area contributed by atoms with Crippen LogP contribution in [0.5, 0.6) is 5.75 Å². The number of hydrogen-bond acceptors (Lipinski definition) is 2. The third kappa shape index (κ3) is 3.41. The molecule has 0 amide bonds. The number of nitrogens with two attached hydrogens (primary N) is 1. The van der Waals surface area contributed by atoms with Crippen molar-refractivity contribution in [1.82, 2.24) is 0 Å². The van der Waals surface area contributed by atoms with Crippen LogP contribution >= 0.6 is 57.6 Å². The van der Waals surface area contributed by atoms with Crippen LogP contribution in [-0.4, -0.2) is 5.11 Å². The predicted octanol–water partition coefficient (Wildman–Crippen LogP) is 3.04. The van der Waals surface area contributed by atoms with Crippen LogP contribution in [0, 0.1) is 7.14 Å². The molecule has 1 atom stereocenters. The highest BCUT2D eigenvalue weighted by molar-refractivity contribution is 14.1. The summed E-state index contributed by atoms with van der Waals surface area (Å²) < 4.78 is 1.71. The molecule has 3 N–H and O–H groups in total. The summed E-state index contributed by atoms with van der Waals surface area (Å²) in [6.07, 6.45) is 0. The third-order valence-electron chi connectivity index (χ3n) is 1.57. The zero-order valence-electron chi connectivity index (χ0n) is 6.92. The van der Waals surface area contributed by atoms with E-state index in [0.717, 1.165) is 12.7 Å². The topological polar surface area (TPSA) is 46.2 Å². The number of halogens is 3. The maximum absolute atomic E-state index is 9.46. The molecule has 0 aliphatic heterocycles. The molecule has 0 unspecified atom stereocenters. The van der Waals surface area contributed by atoms with E-state index in [1.54, 1.807) is 0 Å². The van der Waals surface area contributed by atoms with E-state index < -0.39 is 0 Å². The Morgan fingerprint density at radius 1 is 1.31 bits per heavy atom. The van der Waals surface area contributed by atoms with E-state index >= 15 is 0 Å². The van der Waals surface area contributed by atoms with E-state index in [4.69, 9.17) is 5.73 Å². The summed E-state index contributed by atoms with van der Waals surface area (Å²) in [6, 6.07) is 3.83. The second-order valence-corrected chi connectivity index (χ2v) is 4.95. The fourth-order valence-corrected chi connectivity index (χ4v) is 2.66. The molecule has 0 fully saturated rings. The summed E-state index contributed by atoms with van der Waals surface area (Å²) >= 11 is 4.20. The smallest absolute Gasteiger partial charge is 0.142 e. The Morgan fingerprint density at radius 2 is 1.69 bits per heavy atom. The molecule has 0 heterocycles. The van der Waals surface area contributed by atoms with Gasteiger partial charge < -0.3 is 10.8 Å². The van der Waals surface area contributed by atoms with Gasteiger partial charge in [0.05, 0.1) is 7.14 Å². The van der Waals surface area contributed by atoms with Gasteiger partial charge >= 0.3 is 0 Å². The lowest BCUT2D eigenvalue weighted by atomic mass is 10.1. The lowest BCUT2D eigenvalue weighted by Crippen LogP contribution is -2.05. The number of aromatic hydroxyl groups is 1. The van der Waals surface area contributed by atoms with Crippen molar-refractivity contribution in [2.75, 3.05) is 0 Å². The predicted molar refractivity (Wildman–Crippen MR) is 73.4 cm³/mol. The molecular formula is C8H10ClI2NO. The van der Waals surface area contributed by atoms with Gasteiger partial charge in [-0.15, -0.1) is 12.4 Å². The minimum Gasteiger partial charge on any atom is -0.506 e. The molecule has 0 aliphatic rings. The van der Waals surface area contributed by atoms with Crippen LogP contribution in [0.25, 0.3) is 0 Å². The van der Waals surface area contributed by atoms with Crippen LogP contribution in [-0.2, 0) is 0 Å². The third-order valence-corrected chi connectivity index (χ3v) is 3.21. The molecule has 1 aromatic rings. The van der Waals surface area contributed by atoms with Crippen LogP contribution < -0.4 is 5.73 Å². The Labute approximate surface area is 111 Å². The van der Waals surface area contributed by atoms with Crippen LogP contribution in [0.3, 0.4) is 0 Å². The molecule has 1 rings (SSSR count). The molecule has 0 saturated carbocycles. The molecule has 2 nitrogen and oxygen atoms in total. The SMILES string of the molecule is C[C@@H](N)c1cc(I)c(O)c(I)c1.Cl. The van der Waals surface area contributed by atoms with Crippen molar-refractivity contribution in [3.8, 4) is 5.75 Å². The molecule has 74 valence electrons. The van der Waals surface area contributed by atoms with E-state index in [9.17, 15) is 5.11 Å². The van der Waals surface area contributed by atoms with Gasteiger partial charge in [-0.25, -0.2) is 0 Å². The average Bonchev–Trinajstić information content (AvgIpc) is 1.99. The van der Waals surface area contributed by atoms with Crippen molar-refractivity contribution in [3.63, 3.8) is 0 Å². The Kier molecular flexibility index (Phi) is 5.88. The standard InChI is InChI=1S/C8H9I2NO.ClH/c1-4(11)5-2-6(9)8(12)7(10)3-5;/h2-4,12H,11H2,1H3;1H/t4-;/m1./s1. The fourth-order valence-electron chi connectivity index (χ4n) is 0.848. The molecule has 5 heteroatoms. The largest absolute Gasteiger partial charge is 0.506 e. The summed E-state index contributed by atoms with van der Waals surface area (Å²) in [4.78, 5) is 0. The maximum atomic E-state index is 9.46. The molecule has 0 saturated heterocycles. The van der Waals surface area contributed by atoms with Gasteiger partial charge in [-0.2, -0.15) is 0 Å². The molecule has 0 radical (unpaired) electrons. The summed E-state index contributed by atoms with van der Waals surface area (Å²) in [7, 11) is 0. The molecular weight excluding hydrogens is 415 g/mol. The van der Waals surface area contributed by atoms with Gasteiger partial charge in [-0.1, -0.05) is 0 Å². The molecule has 1 aromatic carbocycles. The first-order valence-corrected chi connectivity index (χ1v) is 5.61. The monoisotopic (exact) mass is 425 g/mol. The number of rotatable bonds is 1. The Hall–Kier alpha value is 0.730. The highest BCUT2D eigenvalue weighted by atomic mass is 127. The second kappa shape index (κ2) is 5.57. The first kappa shape index (κ1) is 13.7. The molecule has 0 bridgehead atoms. The highest BCUT2D eigenvalue weighted by Crippen LogP contribution is 2.28. The number of hydrogen-bond donors (Lipinski definition) is 2. The Balaban J connectivity index is 0.00000144. The van der Waals surface area contributed by atoms with Crippen molar-refractivity contribution >= 4 is 57.6 Å². The summed E-state index contributed by atoms with van der Waals surface area (Å²) in [5, 5.41) is 9.46. The average molecular weight is 425 g/mol. The highest BCUT2D eigenvalue weighted by Gasteiger charge is 2.07. The van der Waals surface area contributed by atoms with E-state index in [0.29, 0.717) is 5.75 Å². The lowest BCUT2D eigenvalue weighted by molar-refractivity contribution is 0.467. The Morgan fingerprint density at radius 3 is 2.00 bits per heavy atom. The quantitative estimate of drug-likeness (QED) is 0.680. The van der Waals surface area contributed by atoms with Crippen LogP contribution in [0.2, 0.25) is 0 Å². The van der Waals surface area contributed by atoms with Gasteiger partial charge in [0.25, 0.3) is 0 Å². The molecule has 0 spiro atoms. The molecule has 0 aliphatic carbocycles.